The Balaban J connectivity index is 1.80. The first-order valence-electron chi connectivity index (χ1n) is 12.1. The zero-order valence-corrected chi connectivity index (χ0v) is 21.1. The summed E-state index contributed by atoms with van der Waals surface area (Å²) in [5, 5.41) is 10.7. The van der Waals surface area contributed by atoms with Crippen LogP contribution in [-0.4, -0.2) is 30.3 Å². The lowest BCUT2D eigenvalue weighted by molar-refractivity contribution is -0.137. The highest BCUT2D eigenvalue weighted by Crippen LogP contribution is 2.41. The zero-order chi connectivity index (χ0) is 27.7. The number of rotatable bonds is 7. The number of aromatic carboxylic acids is 1. The van der Waals surface area contributed by atoms with Gasteiger partial charge in [0.1, 0.15) is 17.2 Å². The Bertz CT molecular complexity index is 1650. The molecule has 5 nitrogen and oxygen atoms in total. The maximum absolute atomic E-state index is 13.5. The van der Waals surface area contributed by atoms with Crippen molar-refractivity contribution in [3.05, 3.63) is 107 Å². The molecule has 0 saturated carbocycles. The number of methoxy groups -OCH3 is 2. The van der Waals surface area contributed by atoms with Gasteiger partial charge in [-0.05, 0) is 70.6 Å². The molecule has 8 heteroatoms. The molecular weight excluding hydrogens is 507 g/mol. The summed E-state index contributed by atoms with van der Waals surface area (Å²) in [6.45, 7) is 0. The largest absolute Gasteiger partial charge is 0.497 e. The summed E-state index contributed by atoms with van der Waals surface area (Å²) in [7, 11) is 3.10. The zero-order valence-electron chi connectivity index (χ0n) is 21.1. The van der Waals surface area contributed by atoms with Crippen LogP contribution in [0, 0.1) is 0 Å². The van der Waals surface area contributed by atoms with E-state index in [1.807, 2.05) is 18.2 Å². The molecular formula is C31H24F3NO4. The van der Waals surface area contributed by atoms with E-state index in [-0.39, 0.29) is 12.1 Å². The van der Waals surface area contributed by atoms with Crippen LogP contribution in [0.4, 0.5) is 13.2 Å². The van der Waals surface area contributed by atoms with Crippen molar-refractivity contribution in [1.29, 1.82) is 0 Å². The van der Waals surface area contributed by atoms with E-state index in [1.165, 1.54) is 13.2 Å². The first-order chi connectivity index (χ1) is 18.7. The van der Waals surface area contributed by atoms with Crippen molar-refractivity contribution in [1.82, 2.24) is 4.98 Å². The smallest absolute Gasteiger partial charge is 0.416 e. The van der Waals surface area contributed by atoms with E-state index in [2.05, 4.69) is 4.98 Å². The standard InChI is InChI=1S/C31H24F3NO4/c1-38-22-10-6-19(7-11-22)24-14-15-26-28(25(24)17-18-4-3-5-21(16-18)31(32,33)34)27(29(35-26)30(36)37)20-8-12-23(39-2)13-9-20/h3-16,35H,17H2,1-2H3,(H,36,37). The lowest BCUT2D eigenvalue weighted by atomic mass is 9.88. The van der Waals surface area contributed by atoms with Crippen molar-refractivity contribution in [3.63, 3.8) is 0 Å². The first-order valence-corrected chi connectivity index (χ1v) is 12.1. The molecule has 1 heterocycles. The van der Waals surface area contributed by atoms with Crippen molar-refractivity contribution in [2.24, 2.45) is 0 Å². The van der Waals surface area contributed by atoms with E-state index in [4.69, 9.17) is 9.47 Å². The fourth-order valence-corrected chi connectivity index (χ4v) is 4.85. The summed E-state index contributed by atoms with van der Waals surface area (Å²) >= 11 is 0. The summed E-state index contributed by atoms with van der Waals surface area (Å²) in [5.41, 5.74) is 3.65. The molecule has 0 aliphatic carbocycles. The SMILES string of the molecule is COc1ccc(-c2ccc3[nH]c(C(=O)O)c(-c4ccc(OC)cc4)c3c2Cc2cccc(C(F)(F)F)c2)cc1. The van der Waals surface area contributed by atoms with Crippen LogP contribution in [0.5, 0.6) is 11.5 Å². The Morgan fingerprint density at radius 1 is 0.846 bits per heavy atom. The molecule has 0 unspecified atom stereocenters. The number of carboxylic acids is 1. The summed E-state index contributed by atoms with van der Waals surface area (Å²) in [5.74, 6) is 0.125. The quantitative estimate of drug-likeness (QED) is 0.225. The molecule has 198 valence electrons. The number of hydrogen-bond acceptors (Lipinski definition) is 3. The minimum absolute atomic E-state index is 0.00709. The van der Waals surface area contributed by atoms with Crippen LogP contribution >= 0.6 is 0 Å². The molecule has 0 atom stereocenters. The van der Waals surface area contributed by atoms with E-state index in [9.17, 15) is 23.1 Å². The van der Waals surface area contributed by atoms with Gasteiger partial charge in [0.15, 0.2) is 0 Å². The average Bonchev–Trinajstić information content (AvgIpc) is 3.34. The maximum Gasteiger partial charge on any atom is 0.416 e. The van der Waals surface area contributed by atoms with Gasteiger partial charge in [-0.1, -0.05) is 48.5 Å². The third-order valence-corrected chi connectivity index (χ3v) is 6.70. The Hall–Kier alpha value is -4.72. The van der Waals surface area contributed by atoms with Crippen molar-refractivity contribution in [2.75, 3.05) is 14.2 Å². The molecule has 2 N–H and O–H groups in total. The van der Waals surface area contributed by atoms with Crippen LogP contribution in [0.3, 0.4) is 0 Å². The number of hydrogen-bond donors (Lipinski definition) is 2. The lowest BCUT2D eigenvalue weighted by Crippen LogP contribution is -2.05. The number of carbonyl (C=O) groups is 1. The van der Waals surface area contributed by atoms with Crippen molar-refractivity contribution < 1.29 is 32.5 Å². The van der Waals surface area contributed by atoms with Gasteiger partial charge < -0.3 is 19.6 Å². The predicted octanol–water partition coefficient (Wildman–Crippen LogP) is 7.83. The second-order valence-corrected chi connectivity index (χ2v) is 9.03. The molecule has 0 bridgehead atoms. The lowest BCUT2D eigenvalue weighted by Gasteiger charge is -2.16. The van der Waals surface area contributed by atoms with Gasteiger partial charge in [-0.15, -0.1) is 0 Å². The molecule has 0 aliphatic heterocycles. The van der Waals surface area contributed by atoms with E-state index >= 15 is 0 Å². The van der Waals surface area contributed by atoms with Crippen molar-refractivity contribution in [2.45, 2.75) is 12.6 Å². The molecule has 0 aliphatic rings. The van der Waals surface area contributed by atoms with Crippen LogP contribution in [0.25, 0.3) is 33.2 Å². The highest BCUT2D eigenvalue weighted by atomic mass is 19.4. The minimum atomic E-state index is -4.49. The number of fused-ring (bicyclic) bond motifs is 1. The Morgan fingerprint density at radius 2 is 1.46 bits per heavy atom. The third kappa shape index (κ3) is 5.05. The summed E-state index contributed by atoms with van der Waals surface area (Å²) in [6.07, 6.45) is -4.34. The van der Waals surface area contributed by atoms with Crippen LogP contribution in [-0.2, 0) is 12.6 Å². The molecule has 0 fully saturated rings. The fourth-order valence-electron chi connectivity index (χ4n) is 4.85. The fraction of sp³-hybridized carbons (Fsp3) is 0.129. The Kier molecular flexibility index (Phi) is 6.78. The number of carboxylic acid groups (broad SMARTS) is 1. The van der Waals surface area contributed by atoms with Crippen molar-refractivity contribution >= 4 is 16.9 Å². The highest BCUT2D eigenvalue weighted by Gasteiger charge is 2.30. The number of H-pyrrole nitrogens is 1. The Morgan fingerprint density at radius 3 is 2.03 bits per heavy atom. The van der Waals surface area contributed by atoms with Gasteiger partial charge in [0.05, 0.1) is 19.8 Å². The molecule has 0 amide bonds. The summed E-state index contributed by atoms with van der Waals surface area (Å²) in [4.78, 5) is 15.4. The molecule has 5 rings (SSSR count). The molecule has 4 aromatic carbocycles. The van der Waals surface area contributed by atoms with Crippen LogP contribution in [0.1, 0.15) is 27.2 Å². The monoisotopic (exact) mass is 531 g/mol. The molecule has 5 aromatic rings. The van der Waals surface area contributed by atoms with E-state index in [0.29, 0.717) is 44.7 Å². The van der Waals surface area contributed by atoms with E-state index < -0.39 is 17.7 Å². The highest BCUT2D eigenvalue weighted by molar-refractivity contribution is 6.10. The number of benzene rings is 4. The van der Waals surface area contributed by atoms with Crippen LogP contribution in [0.15, 0.2) is 84.9 Å². The molecule has 1 aromatic heterocycles. The van der Waals surface area contributed by atoms with Crippen LogP contribution in [0.2, 0.25) is 0 Å². The summed E-state index contributed by atoms with van der Waals surface area (Å²) < 4.78 is 51.1. The molecule has 0 spiro atoms. The molecule has 0 radical (unpaired) electrons. The minimum Gasteiger partial charge on any atom is -0.497 e. The maximum atomic E-state index is 13.5. The predicted molar refractivity (Wildman–Crippen MR) is 143 cm³/mol. The average molecular weight is 532 g/mol. The third-order valence-electron chi connectivity index (χ3n) is 6.70. The second kappa shape index (κ2) is 10.2. The number of aromatic amines is 1. The van der Waals surface area contributed by atoms with Gasteiger partial charge >= 0.3 is 12.1 Å². The first kappa shape index (κ1) is 25.9. The topological polar surface area (TPSA) is 71.6 Å². The normalized spacial score (nSPS) is 11.5. The van der Waals surface area contributed by atoms with E-state index in [0.717, 1.165) is 23.3 Å². The van der Waals surface area contributed by atoms with Crippen LogP contribution < -0.4 is 9.47 Å². The van der Waals surface area contributed by atoms with Gasteiger partial charge in [-0.3, -0.25) is 0 Å². The summed E-state index contributed by atoms with van der Waals surface area (Å²) in [6, 6.07) is 23.2. The number of ether oxygens (including phenoxy) is 2. The van der Waals surface area contributed by atoms with E-state index in [1.54, 1.807) is 55.6 Å². The Labute approximate surface area is 222 Å². The second-order valence-electron chi connectivity index (χ2n) is 9.03. The van der Waals surface area contributed by atoms with Gasteiger partial charge in [0.25, 0.3) is 0 Å². The van der Waals surface area contributed by atoms with Gasteiger partial charge in [0.2, 0.25) is 0 Å². The van der Waals surface area contributed by atoms with Crippen molar-refractivity contribution in [3.8, 4) is 33.8 Å². The molecule has 0 saturated heterocycles. The van der Waals surface area contributed by atoms with Gasteiger partial charge in [-0.2, -0.15) is 13.2 Å². The number of nitrogens with one attached hydrogen (secondary N) is 1. The number of aromatic nitrogens is 1. The number of halogens is 3. The van der Waals surface area contributed by atoms with Gasteiger partial charge in [-0.25, -0.2) is 4.79 Å². The molecule has 39 heavy (non-hydrogen) atoms. The van der Waals surface area contributed by atoms with Gasteiger partial charge in [0, 0.05) is 16.5 Å². The number of alkyl halides is 3.